The first-order valence-electron chi connectivity index (χ1n) is 7.69. The molecule has 4 unspecified atom stereocenters. The molecule has 0 aromatic carbocycles. The van der Waals surface area contributed by atoms with Crippen molar-refractivity contribution in [1.29, 1.82) is 0 Å². The van der Waals surface area contributed by atoms with Crippen molar-refractivity contribution < 1.29 is 9.53 Å². The van der Waals surface area contributed by atoms with Crippen LogP contribution < -0.4 is 10.6 Å². The first kappa shape index (κ1) is 14.8. The van der Waals surface area contributed by atoms with Crippen LogP contribution in [-0.4, -0.2) is 38.8 Å². The van der Waals surface area contributed by atoms with Crippen molar-refractivity contribution in [2.45, 2.75) is 45.1 Å². The summed E-state index contributed by atoms with van der Waals surface area (Å²) >= 11 is 0. The zero-order valence-electron chi connectivity index (χ0n) is 12.3. The Bertz CT molecular complexity index is 296. The molecule has 2 N–H and O–H groups in total. The SMILES string of the molecule is COCCCNC(=O)CNC(C)C1CC2CCC1C2. The number of methoxy groups -OCH3 is 1. The number of carbonyl (C=O) groups excluding carboxylic acids is 1. The number of rotatable bonds is 8. The Morgan fingerprint density at radius 3 is 2.84 bits per heavy atom. The van der Waals surface area contributed by atoms with Gasteiger partial charge in [-0.3, -0.25) is 4.79 Å². The summed E-state index contributed by atoms with van der Waals surface area (Å²) in [5.74, 6) is 2.78. The van der Waals surface area contributed by atoms with Crippen LogP contribution in [0.3, 0.4) is 0 Å². The van der Waals surface area contributed by atoms with Gasteiger partial charge in [-0.05, 0) is 50.4 Å². The standard InChI is InChI=1S/C15H28N2O2/c1-11(14-9-12-4-5-13(14)8-12)17-10-15(18)16-6-3-7-19-2/h11-14,17H,3-10H2,1-2H3,(H,16,18). The van der Waals surface area contributed by atoms with Crippen LogP contribution in [0.1, 0.15) is 39.0 Å². The quantitative estimate of drug-likeness (QED) is 0.657. The van der Waals surface area contributed by atoms with Gasteiger partial charge in [-0.2, -0.15) is 0 Å². The summed E-state index contributed by atoms with van der Waals surface area (Å²) in [6.45, 7) is 4.09. The Morgan fingerprint density at radius 2 is 2.21 bits per heavy atom. The zero-order valence-corrected chi connectivity index (χ0v) is 12.3. The van der Waals surface area contributed by atoms with E-state index in [2.05, 4.69) is 17.6 Å². The number of amides is 1. The Hall–Kier alpha value is -0.610. The molecule has 4 heteroatoms. The minimum Gasteiger partial charge on any atom is -0.385 e. The normalized spacial score (nSPS) is 30.5. The van der Waals surface area contributed by atoms with E-state index in [1.807, 2.05) is 0 Å². The smallest absolute Gasteiger partial charge is 0.233 e. The van der Waals surface area contributed by atoms with Crippen molar-refractivity contribution in [3.8, 4) is 0 Å². The molecule has 2 aliphatic carbocycles. The van der Waals surface area contributed by atoms with Gasteiger partial charge in [0.2, 0.25) is 5.91 Å². The van der Waals surface area contributed by atoms with Gasteiger partial charge in [0.05, 0.1) is 6.54 Å². The van der Waals surface area contributed by atoms with Gasteiger partial charge in [0.15, 0.2) is 0 Å². The lowest BCUT2D eigenvalue weighted by molar-refractivity contribution is -0.120. The summed E-state index contributed by atoms with van der Waals surface area (Å²) in [6, 6.07) is 0.472. The molecule has 0 heterocycles. The maximum Gasteiger partial charge on any atom is 0.233 e. The van der Waals surface area contributed by atoms with Crippen LogP contribution in [0.4, 0.5) is 0 Å². The number of carbonyl (C=O) groups is 1. The van der Waals surface area contributed by atoms with Crippen molar-refractivity contribution in [2.75, 3.05) is 26.8 Å². The Morgan fingerprint density at radius 1 is 1.37 bits per heavy atom. The van der Waals surface area contributed by atoms with Gasteiger partial charge in [0, 0.05) is 26.3 Å². The molecule has 0 aliphatic heterocycles. The van der Waals surface area contributed by atoms with E-state index in [0.717, 1.165) is 24.2 Å². The summed E-state index contributed by atoms with van der Waals surface area (Å²) in [4.78, 5) is 11.7. The number of hydrogen-bond donors (Lipinski definition) is 2. The summed E-state index contributed by atoms with van der Waals surface area (Å²) in [5, 5.41) is 6.32. The van der Waals surface area contributed by atoms with Gasteiger partial charge in [0.1, 0.15) is 0 Å². The third-order valence-corrected chi connectivity index (χ3v) is 4.87. The van der Waals surface area contributed by atoms with Crippen LogP contribution in [0.5, 0.6) is 0 Å². The fraction of sp³-hybridized carbons (Fsp3) is 0.933. The predicted molar refractivity (Wildman–Crippen MR) is 75.9 cm³/mol. The molecule has 2 bridgehead atoms. The van der Waals surface area contributed by atoms with Gasteiger partial charge in [0.25, 0.3) is 0 Å². The summed E-state index contributed by atoms with van der Waals surface area (Å²) in [5.41, 5.74) is 0. The molecule has 2 fully saturated rings. The van der Waals surface area contributed by atoms with Crippen LogP contribution in [0.25, 0.3) is 0 Å². The van der Waals surface area contributed by atoms with Crippen molar-refractivity contribution in [3.63, 3.8) is 0 Å². The lowest BCUT2D eigenvalue weighted by Gasteiger charge is -2.28. The van der Waals surface area contributed by atoms with Gasteiger partial charge in [-0.15, -0.1) is 0 Å². The molecule has 0 radical (unpaired) electrons. The van der Waals surface area contributed by atoms with E-state index in [0.29, 0.717) is 25.7 Å². The molecule has 1 amide bonds. The average Bonchev–Trinajstić information content (AvgIpc) is 3.03. The molecule has 0 aromatic heterocycles. The Labute approximate surface area is 116 Å². The molecule has 0 aromatic rings. The van der Waals surface area contributed by atoms with E-state index < -0.39 is 0 Å². The number of nitrogens with one attached hydrogen (secondary N) is 2. The summed E-state index contributed by atoms with van der Waals surface area (Å²) in [6.07, 6.45) is 6.52. The highest BCUT2D eigenvalue weighted by Crippen LogP contribution is 2.49. The Kier molecular flexibility index (Phi) is 5.64. The lowest BCUT2D eigenvalue weighted by atomic mass is 9.84. The molecule has 19 heavy (non-hydrogen) atoms. The molecule has 4 atom stereocenters. The van der Waals surface area contributed by atoms with E-state index in [-0.39, 0.29) is 5.91 Å². The number of hydrogen-bond acceptors (Lipinski definition) is 3. The molecule has 0 saturated heterocycles. The second-order valence-corrected chi connectivity index (χ2v) is 6.20. The van der Waals surface area contributed by atoms with Crippen molar-refractivity contribution in [3.05, 3.63) is 0 Å². The van der Waals surface area contributed by atoms with E-state index in [4.69, 9.17) is 4.74 Å². The largest absolute Gasteiger partial charge is 0.385 e. The maximum absolute atomic E-state index is 11.7. The molecule has 2 rings (SSSR count). The lowest BCUT2D eigenvalue weighted by Crippen LogP contribution is -2.42. The molecular weight excluding hydrogens is 240 g/mol. The van der Waals surface area contributed by atoms with Gasteiger partial charge >= 0.3 is 0 Å². The molecule has 110 valence electrons. The van der Waals surface area contributed by atoms with Crippen LogP contribution in [0.15, 0.2) is 0 Å². The summed E-state index contributed by atoms with van der Waals surface area (Å²) < 4.78 is 4.95. The molecule has 4 nitrogen and oxygen atoms in total. The third-order valence-electron chi connectivity index (χ3n) is 4.87. The fourth-order valence-electron chi connectivity index (χ4n) is 3.82. The highest BCUT2D eigenvalue weighted by Gasteiger charge is 2.41. The van der Waals surface area contributed by atoms with E-state index in [1.165, 1.54) is 25.7 Å². The maximum atomic E-state index is 11.7. The first-order chi connectivity index (χ1) is 9.20. The topological polar surface area (TPSA) is 50.4 Å². The van der Waals surface area contributed by atoms with Gasteiger partial charge in [-0.1, -0.05) is 6.42 Å². The number of ether oxygens (including phenoxy) is 1. The molecule has 2 aliphatic rings. The molecule has 2 saturated carbocycles. The van der Waals surface area contributed by atoms with Crippen LogP contribution >= 0.6 is 0 Å². The van der Waals surface area contributed by atoms with Crippen molar-refractivity contribution in [2.24, 2.45) is 17.8 Å². The minimum atomic E-state index is 0.103. The van der Waals surface area contributed by atoms with Gasteiger partial charge < -0.3 is 15.4 Å². The van der Waals surface area contributed by atoms with E-state index in [1.54, 1.807) is 7.11 Å². The van der Waals surface area contributed by atoms with Crippen LogP contribution in [-0.2, 0) is 9.53 Å². The van der Waals surface area contributed by atoms with Crippen molar-refractivity contribution in [1.82, 2.24) is 10.6 Å². The first-order valence-corrected chi connectivity index (χ1v) is 7.69. The zero-order chi connectivity index (χ0) is 13.7. The van der Waals surface area contributed by atoms with E-state index in [9.17, 15) is 4.79 Å². The van der Waals surface area contributed by atoms with E-state index >= 15 is 0 Å². The van der Waals surface area contributed by atoms with Gasteiger partial charge in [-0.25, -0.2) is 0 Å². The highest BCUT2D eigenvalue weighted by molar-refractivity contribution is 5.77. The Balaban J connectivity index is 1.58. The monoisotopic (exact) mass is 268 g/mol. The third kappa shape index (κ3) is 4.18. The minimum absolute atomic E-state index is 0.103. The highest BCUT2D eigenvalue weighted by atomic mass is 16.5. The summed E-state index contributed by atoms with van der Waals surface area (Å²) in [7, 11) is 1.68. The van der Waals surface area contributed by atoms with Crippen molar-refractivity contribution >= 4 is 5.91 Å². The fourth-order valence-corrected chi connectivity index (χ4v) is 3.82. The molecular formula is C15H28N2O2. The predicted octanol–water partition coefficient (Wildman–Crippen LogP) is 1.55. The number of fused-ring (bicyclic) bond motifs is 2. The average molecular weight is 268 g/mol. The molecule has 0 spiro atoms. The van der Waals surface area contributed by atoms with Crippen LogP contribution in [0.2, 0.25) is 0 Å². The second-order valence-electron chi connectivity index (χ2n) is 6.20. The second kappa shape index (κ2) is 7.25. The van der Waals surface area contributed by atoms with Crippen LogP contribution in [0, 0.1) is 17.8 Å².